The van der Waals surface area contributed by atoms with Crippen LogP contribution in [0.2, 0.25) is 0 Å². The summed E-state index contributed by atoms with van der Waals surface area (Å²) in [6, 6.07) is 0. The minimum absolute atomic E-state index is 0.352. The van der Waals surface area contributed by atoms with Gasteiger partial charge >= 0.3 is 0 Å². The Bertz CT molecular complexity index is 157. The lowest BCUT2D eigenvalue weighted by atomic mass is 9.85. The monoisotopic (exact) mass is 184 g/mol. The first-order valence-electron chi connectivity index (χ1n) is 5.24. The second kappa shape index (κ2) is 5.40. The molecule has 2 heteroatoms. The van der Waals surface area contributed by atoms with Gasteiger partial charge in [-0.25, -0.2) is 0 Å². The van der Waals surface area contributed by atoms with Crippen molar-refractivity contribution < 1.29 is 10.2 Å². The predicted octanol–water partition coefficient (Wildman–Crippen LogP) is 1.86. The average molecular weight is 184 g/mol. The molecule has 0 spiro atoms. The fraction of sp³-hybridized carbons (Fsp3) is 0.818. The summed E-state index contributed by atoms with van der Waals surface area (Å²) in [4.78, 5) is 0. The minimum Gasteiger partial charge on any atom is -0.389 e. The molecular formula is C11H20O2. The molecule has 1 saturated carbocycles. The Labute approximate surface area is 80.3 Å². The normalized spacial score (nSPS) is 24.8. The third-order valence-corrected chi connectivity index (χ3v) is 2.72. The molecule has 0 aromatic carbocycles. The summed E-state index contributed by atoms with van der Waals surface area (Å²) in [5, 5.41) is 18.7. The quantitative estimate of drug-likeness (QED) is 0.657. The van der Waals surface area contributed by atoms with Crippen LogP contribution < -0.4 is 0 Å². The summed E-state index contributed by atoms with van der Waals surface area (Å²) in [6.07, 6.45) is 8.65. The second-order valence-electron chi connectivity index (χ2n) is 4.01. The minimum atomic E-state index is -0.446. The van der Waals surface area contributed by atoms with E-state index in [1.165, 1.54) is 19.3 Å². The van der Waals surface area contributed by atoms with Crippen molar-refractivity contribution in [2.75, 3.05) is 0 Å². The van der Waals surface area contributed by atoms with Crippen LogP contribution in [-0.2, 0) is 0 Å². The maximum absolute atomic E-state index is 9.72. The molecule has 0 radical (unpaired) electrons. The van der Waals surface area contributed by atoms with E-state index < -0.39 is 6.10 Å². The van der Waals surface area contributed by atoms with Crippen molar-refractivity contribution in [3.8, 4) is 0 Å². The van der Waals surface area contributed by atoms with Crippen molar-refractivity contribution >= 4 is 0 Å². The lowest BCUT2D eigenvalue weighted by Crippen LogP contribution is -2.21. The van der Waals surface area contributed by atoms with E-state index in [1.54, 1.807) is 19.1 Å². The Hall–Kier alpha value is -0.340. The zero-order valence-electron chi connectivity index (χ0n) is 8.32. The summed E-state index contributed by atoms with van der Waals surface area (Å²) in [7, 11) is 0. The van der Waals surface area contributed by atoms with Crippen LogP contribution in [0, 0.1) is 5.92 Å². The highest BCUT2D eigenvalue weighted by molar-refractivity contribution is 4.95. The summed E-state index contributed by atoms with van der Waals surface area (Å²) < 4.78 is 0. The Kier molecular flexibility index (Phi) is 4.46. The van der Waals surface area contributed by atoms with Crippen molar-refractivity contribution in [2.45, 2.75) is 51.2 Å². The van der Waals surface area contributed by atoms with Crippen molar-refractivity contribution in [2.24, 2.45) is 5.92 Å². The molecule has 2 nitrogen and oxygen atoms in total. The molecule has 1 rings (SSSR count). The molecule has 0 bridgehead atoms. The summed E-state index contributed by atoms with van der Waals surface area (Å²) in [5.74, 6) is 0.420. The van der Waals surface area contributed by atoms with Crippen LogP contribution in [0.4, 0.5) is 0 Å². The molecule has 0 saturated heterocycles. The van der Waals surface area contributed by atoms with Crippen LogP contribution in [-0.4, -0.2) is 22.4 Å². The predicted molar refractivity (Wildman–Crippen MR) is 53.4 cm³/mol. The molecule has 0 aliphatic heterocycles. The SMILES string of the molecule is C[C@@H](O)/C=C\[C@@H](O)C1CCCCC1. The maximum Gasteiger partial charge on any atom is 0.0749 e. The van der Waals surface area contributed by atoms with Gasteiger partial charge in [-0.3, -0.25) is 0 Å². The van der Waals surface area contributed by atoms with Crippen LogP contribution in [0.15, 0.2) is 12.2 Å². The Morgan fingerprint density at radius 2 is 1.69 bits per heavy atom. The van der Waals surface area contributed by atoms with E-state index >= 15 is 0 Å². The fourth-order valence-corrected chi connectivity index (χ4v) is 1.91. The van der Waals surface area contributed by atoms with Crippen molar-refractivity contribution in [3.05, 3.63) is 12.2 Å². The van der Waals surface area contributed by atoms with Crippen LogP contribution in [0.5, 0.6) is 0 Å². The van der Waals surface area contributed by atoms with Crippen LogP contribution >= 0.6 is 0 Å². The van der Waals surface area contributed by atoms with Crippen molar-refractivity contribution in [1.82, 2.24) is 0 Å². The molecule has 76 valence electrons. The number of rotatable bonds is 3. The lowest BCUT2D eigenvalue weighted by molar-refractivity contribution is 0.123. The van der Waals surface area contributed by atoms with Crippen molar-refractivity contribution in [3.63, 3.8) is 0 Å². The standard InChI is InChI=1S/C11H20O2/c1-9(12)7-8-11(13)10-5-3-2-4-6-10/h7-13H,2-6H2,1H3/b8-7-/t9-,11-/m1/s1. The van der Waals surface area contributed by atoms with E-state index in [1.807, 2.05) is 0 Å². The van der Waals surface area contributed by atoms with Crippen LogP contribution in [0.1, 0.15) is 39.0 Å². The van der Waals surface area contributed by atoms with Gasteiger partial charge in [0.2, 0.25) is 0 Å². The van der Waals surface area contributed by atoms with E-state index in [-0.39, 0.29) is 6.10 Å². The molecule has 0 heterocycles. The molecule has 1 aliphatic carbocycles. The number of hydrogen-bond donors (Lipinski definition) is 2. The largest absolute Gasteiger partial charge is 0.389 e. The second-order valence-corrected chi connectivity index (χ2v) is 4.01. The maximum atomic E-state index is 9.72. The average Bonchev–Trinajstić information content (AvgIpc) is 2.15. The first-order chi connectivity index (χ1) is 6.20. The third-order valence-electron chi connectivity index (χ3n) is 2.72. The van der Waals surface area contributed by atoms with E-state index in [4.69, 9.17) is 5.11 Å². The Balaban J connectivity index is 2.32. The number of aliphatic hydroxyl groups is 2. The van der Waals surface area contributed by atoms with Crippen molar-refractivity contribution in [1.29, 1.82) is 0 Å². The van der Waals surface area contributed by atoms with Gasteiger partial charge in [0.1, 0.15) is 0 Å². The summed E-state index contributed by atoms with van der Waals surface area (Å²) >= 11 is 0. The van der Waals surface area contributed by atoms with Gasteiger partial charge in [0.15, 0.2) is 0 Å². The van der Waals surface area contributed by atoms with Crippen LogP contribution in [0.25, 0.3) is 0 Å². The van der Waals surface area contributed by atoms with E-state index in [9.17, 15) is 5.11 Å². The molecule has 1 fully saturated rings. The molecule has 2 N–H and O–H groups in total. The Morgan fingerprint density at radius 3 is 2.23 bits per heavy atom. The molecule has 13 heavy (non-hydrogen) atoms. The summed E-state index contributed by atoms with van der Waals surface area (Å²) in [5.41, 5.74) is 0. The van der Waals surface area contributed by atoms with Gasteiger partial charge in [-0.2, -0.15) is 0 Å². The van der Waals surface area contributed by atoms with E-state index in [0.717, 1.165) is 12.8 Å². The van der Waals surface area contributed by atoms with E-state index in [0.29, 0.717) is 5.92 Å². The lowest BCUT2D eigenvalue weighted by Gasteiger charge is -2.24. The van der Waals surface area contributed by atoms with E-state index in [2.05, 4.69) is 0 Å². The first-order valence-corrected chi connectivity index (χ1v) is 5.24. The highest BCUT2D eigenvalue weighted by atomic mass is 16.3. The highest BCUT2D eigenvalue weighted by Gasteiger charge is 2.19. The van der Waals surface area contributed by atoms with Gasteiger partial charge in [0, 0.05) is 0 Å². The highest BCUT2D eigenvalue weighted by Crippen LogP contribution is 2.26. The molecule has 0 aromatic rings. The van der Waals surface area contributed by atoms with Gasteiger partial charge in [-0.05, 0) is 25.7 Å². The topological polar surface area (TPSA) is 40.5 Å². The number of hydrogen-bond acceptors (Lipinski definition) is 2. The molecular weight excluding hydrogens is 164 g/mol. The summed E-state index contributed by atoms with van der Waals surface area (Å²) in [6.45, 7) is 1.70. The molecule has 2 atom stereocenters. The third kappa shape index (κ3) is 3.92. The molecule has 1 aliphatic rings. The fourth-order valence-electron chi connectivity index (χ4n) is 1.91. The Morgan fingerprint density at radius 1 is 1.08 bits per heavy atom. The molecule has 0 unspecified atom stereocenters. The van der Waals surface area contributed by atoms with Gasteiger partial charge in [-0.1, -0.05) is 31.4 Å². The van der Waals surface area contributed by atoms with Crippen LogP contribution in [0.3, 0.4) is 0 Å². The van der Waals surface area contributed by atoms with Gasteiger partial charge in [0.05, 0.1) is 12.2 Å². The molecule has 0 aromatic heterocycles. The van der Waals surface area contributed by atoms with Gasteiger partial charge in [0.25, 0.3) is 0 Å². The van der Waals surface area contributed by atoms with Gasteiger partial charge < -0.3 is 10.2 Å². The molecule has 0 amide bonds. The zero-order chi connectivity index (χ0) is 9.68. The van der Waals surface area contributed by atoms with Gasteiger partial charge in [-0.15, -0.1) is 0 Å². The first kappa shape index (κ1) is 10.7. The zero-order valence-corrected chi connectivity index (χ0v) is 8.32. The number of aliphatic hydroxyl groups excluding tert-OH is 2. The smallest absolute Gasteiger partial charge is 0.0749 e.